The minimum atomic E-state index is 0.175. The summed E-state index contributed by atoms with van der Waals surface area (Å²) in [5.74, 6) is 1.22. The van der Waals surface area contributed by atoms with Crippen molar-refractivity contribution in [3.63, 3.8) is 0 Å². The van der Waals surface area contributed by atoms with Gasteiger partial charge in [0.1, 0.15) is 5.52 Å². The first-order valence-electron chi connectivity index (χ1n) is 6.27. The fourth-order valence-electron chi connectivity index (χ4n) is 2.05. The number of aromatic nitrogens is 3. The first kappa shape index (κ1) is 12.8. The van der Waals surface area contributed by atoms with Gasteiger partial charge in [0.25, 0.3) is 0 Å². The molecule has 1 unspecified atom stereocenters. The van der Waals surface area contributed by atoms with E-state index in [1.165, 1.54) is 0 Å². The van der Waals surface area contributed by atoms with Crippen molar-refractivity contribution in [1.82, 2.24) is 14.5 Å². The predicted molar refractivity (Wildman–Crippen MR) is 72.5 cm³/mol. The molecule has 1 atom stereocenters. The molecule has 5 heteroatoms. The molecule has 0 aromatic carbocycles. The molecule has 0 saturated carbocycles. The normalized spacial score (nSPS) is 13.2. The molecule has 2 aromatic rings. The summed E-state index contributed by atoms with van der Waals surface area (Å²) in [6.45, 7) is 4.44. The zero-order valence-electron chi connectivity index (χ0n) is 11.1. The quantitative estimate of drug-likeness (QED) is 0.846. The van der Waals surface area contributed by atoms with E-state index >= 15 is 0 Å². The highest BCUT2D eigenvalue weighted by Crippen LogP contribution is 2.21. The van der Waals surface area contributed by atoms with E-state index in [0.29, 0.717) is 12.3 Å². The van der Waals surface area contributed by atoms with Gasteiger partial charge in [-0.3, -0.25) is 0 Å². The highest BCUT2D eigenvalue weighted by Gasteiger charge is 2.15. The lowest BCUT2D eigenvalue weighted by molar-refractivity contribution is 0.267. The van der Waals surface area contributed by atoms with Gasteiger partial charge >= 0.3 is 0 Å². The molecule has 0 saturated heterocycles. The summed E-state index contributed by atoms with van der Waals surface area (Å²) < 4.78 is 1.97. The number of nitrogens with one attached hydrogen (secondary N) is 1. The van der Waals surface area contributed by atoms with Gasteiger partial charge in [0.15, 0.2) is 5.82 Å². The molecule has 2 aromatic heterocycles. The van der Waals surface area contributed by atoms with Gasteiger partial charge < -0.3 is 15.0 Å². The van der Waals surface area contributed by atoms with Crippen LogP contribution in [-0.2, 0) is 7.05 Å². The molecule has 5 nitrogen and oxygen atoms in total. The number of aliphatic hydroxyl groups excluding tert-OH is 1. The summed E-state index contributed by atoms with van der Waals surface area (Å²) in [6, 6.07) is 2.15. The van der Waals surface area contributed by atoms with Crippen LogP contribution in [0, 0.1) is 5.92 Å². The van der Waals surface area contributed by atoms with Crippen molar-refractivity contribution < 1.29 is 5.11 Å². The molecule has 0 spiro atoms. The standard InChI is InChI=1S/C13H20N4O/c1-9(2)10(5-7-18)16-13-12-11(4-6-14-13)17(3)8-15-12/h4,6,8-10,18H,5,7H2,1-3H3,(H,14,16). The first-order valence-corrected chi connectivity index (χ1v) is 6.27. The van der Waals surface area contributed by atoms with Gasteiger partial charge in [0, 0.05) is 25.9 Å². The van der Waals surface area contributed by atoms with Gasteiger partial charge in [0.05, 0.1) is 11.8 Å². The number of anilines is 1. The largest absolute Gasteiger partial charge is 0.396 e. The molecule has 0 radical (unpaired) electrons. The van der Waals surface area contributed by atoms with Crippen molar-refractivity contribution in [2.24, 2.45) is 13.0 Å². The Morgan fingerprint density at radius 3 is 2.83 bits per heavy atom. The lowest BCUT2D eigenvalue weighted by Gasteiger charge is -2.22. The molecule has 0 fully saturated rings. The minimum absolute atomic E-state index is 0.175. The van der Waals surface area contributed by atoms with Crippen LogP contribution in [0.2, 0.25) is 0 Å². The number of aryl methyl sites for hydroxylation is 1. The molecule has 2 N–H and O–H groups in total. The highest BCUT2D eigenvalue weighted by molar-refractivity contribution is 5.85. The van der Waals surface area contributed by atoms with E-state index in [0.717, 1.165) is 16.9 Å². The van der Waals surface area contributed by atoms with Crippen LogP contribution >= 0.6 is 0 Å². The third kappa shape index (κ3) is 2.46. The van der Waals surface area contributed by atoms with Crippen LogP contribution < -0.4 is 5.32 Å². The van der Waals surface area contributed by atoms with Gasteiger partial charge in [-0.15, -0.1) is 0 Å². The van der Waals surface area contributed by atoms with E-state index in [1.54, 1.807) is 12.5 Å². The van der Waals surface area contributed by atoms with Crippen LogP contribution in [-0.4, -0.2) is 32.3 Å². The van der Waals surface area contributed by atoms with Crippen LogP contribution in [0.3, 0.4) is 0 Å². The molecule has 18 heavy (non-hydrogen) atoms. The number of hydrogen-bond donors (Lipinski definition) is 2. The maximum Gasteiger partial charge on any atom is 0.154 e. The van der Waals surface area contributed by atoms with Gasteiger partial charge in [0.2, 0.25) is 0 Å². The Labute approximate surface area is 107 Å². The number of rotatable bonds is 5. The molecular formula is C13H20N4O. The van der Waals surface area contributed by atoms with Gasteiger partial charge in [-0.1, -0.05) is 13.8 Å². The lowest BCUT2D eigenvalue weighted by atomic mass is 10.0. The summed E-state index contributed by atoms with van der Waals surface area (Å²) in [7, 11) is 1.97. The molecule has 0 aliphatic carbocycles. The summed E-state index contributed by atoms with van der Waals surface area (Å²) in [5, 5.41) is 12.5. The van der Waals surface area contributed by atoms with Crippen molar-refractivity contribution in [3.8, 4) is 0 Å². The summed E-state index contributed by atoms with van der Waals surface area (Å²) >= 11 is 0. The van der Waals surface area contributed by atoms with Crippen molar-refractivity contribution in [2.45, 2.75) is 26.3 Å². The fourth-order valence-corrected chi connectivity index (χ4v) is 2.05. The second-order valence-corrected chi connectivity index (χ2v) is 4.89. The lowest BCUT2D eigenvalue weighted by Crippen LogP contribution is -2.27. The van der Waals surface area contributed by atoms with E-state index in [9.17, 15) is 0 Å². The summed E-state index contributed by atoms with van der Waals surface area (Å²) in [4.78, 5) is 8.72. The maximum absolute atomic E-state index is 9.10. The van der Waals surface area contributed by atoms with Gasteiger partial charge in [-0.05, 0) is 18.4 Å². The number of aliphatic hydroxyl groups is 1. The zero-order chi connectivity index (χ0) is 13.1. The molecule has 0 aliphatic heterocycles. The molecule has 98 valence electrons. The fraction of sp³-hybridized carbons (Fsp3) is 0.538. The SMILES string of the molecule is CC(C)C(CCO)Nc1nccc2c1ncn2C. The second kappa shape index (κ2) is 5.35. The number of pyridine rings is 1. The van der Waals surface area contributed by atoms with Gasteiger partial charge in [-0.2, -0.15) is 0 Å². The zero-order valence-corrected chi connectivity index (χ0v) is 11.1. The second-order valence-electron chi connectivity index (χ2n) is 4.89. The number of nitrogens with zero attached hydrogens (tertiary/aromatic N) is 3. The molecule has 0 amide bonds. The smallest absolute Gasteiger partial charge is 0.154 e. The Balaban J connectivity index is 2.30. The molecule has 2 heterocycles. The van der Waals surface area contributed by atoms with E-state index in [-0.39, 0.29) is 12.6 Å². The number of imidazole rings is 1. The first-order chi connectivity index (χ1) is 8.63. The monoisotopic (exact) mass is 248 g/mol. The average Bonchev–Trinajstić information content (AvgIpc) is 2.72. The molecule has 0 bridgehead atoms. The minimum Gasteiger partial charge on any atom is -0.396 e. The van der Waals surface area contributed by atoms with Crippen LogP contribution in [0.25, 0.3) is 11.0 Å². The maximum atomic E-state index is 9.10. The number of hydrogen-bond acceptors (Lipinski definition) is 4. The Hall–Kier alpha value is -1.62. The van der Waals surface area contributed by atoms with E-state index in [4.69, 9.17) is 5.11 Å². The van der Waals surface area contributed by atoms with Crippen LogP contribution in [0.4, 0.5) is 5.82 Å². The van der Waals surface area contributed by atoms with Crippen LogP contribution in [0.5, 0.6) is 0 Å². The third-order valence-electron chi connectivity index (χ3n) is 3.21. The number of fused-ring (bicyclic) bond motifs is 1. The summed E-state index contributed by atoms with van der Waals surface area (Å²) in [6.07, 6.45) is 4.28. The van der Waals surface area contributed by atoms with Crippen molar-refractivity contribution in [2.75, 3.05) is 11.9 Å². The predicted octanol–water partition coefficient (Wildman–Crippen LogP) is 1.79. The van der Waals surface area contributed by atoms with Gasteiger partial charge in [-0.25, -0.2) is 9.97 Å². The average molecular weight is 248 g/mol. The Morgan fingerprint density at radius 1 is 1.39 bits per heavy atom. The Morgan fingerprint density at radius 2 is 2.17 bits per heavy atom. The van der Waals surface area contributed by atoms with E-state index in [2.05, 4.69) is 29.1 Å². The van der Waals surface area contributed by atoms with Crippen molar-refractivity contribution in [3.05, 3.63) is 18.6 Å². The molecular weight excluding hydrogens is 228 g/mol. The third-order valence-corrected chi connectivity index (χ3v) is 3.21. The Bertz CT molecular complexity index is 521. The van der Waals surface area contributed by atoms with Crippen LogP contribution in [0.1, 0.15) is 20.3 Å². The van der Waals surface area contributed by atoms with E-state index < -0.39 is 0 Å². The van der Waals surface area contributed by atoms with Crippen molar-refractivity contribution in [1.29, 1.82) is 0 Å². The topological polar surface area (TPSA) is 63.0 Å². The Kier molecular flexibility index (Phi) is 3.81. The van der Waals surface area contributed by atoms with Crippen molar-refractivity contribution >= 4 is 16.9 Å². The van der Waals surface area contributed by atoms with E-state index in [1.807, 2.05) is 17.7 Å². The van der Waals surface area contributed by atoms with Crippen LogP contribution in [0.15, 0.2) is 18.6 Å². The molecule has 0 aliphatic rings. The highest BCUT2D eigenvalue weighted by atomic mass is 16.3. The molecule has 2 rings (SSSR count). The summed E-state index contributed by atoms with van der Waals surface area (Å²) in [5.41, 5.74) is 1.93.